The summed E-state index contributed by atoms with van der Waals surface area (Å²) >= 11 is 0. The molecule has 0 spiro atoms. The smallest absolute Gasteiger partial charge is 0.285 e. The number of carbonyl (C=O) groups is 2. The van der Waals surface area contributed by atoms with Gasteiger partial charge in [-0.2, -0.15) is 5.26 Å². The number of hydrogen-bond acceptors (Lipinski definition) is 6. The minimum Gasteiger partial charge on any atom is -0.350 e. The molecule has 3 heterocycles. The average molecular weight is 436 g/mol. The normalized spacial score (nSPS) is 16.2. The molecule has 11 heteroatoms. The van der Waals surface area contributed by atoms with Crippen LogP contribution in [0.5, 0.6) is 0 Å². The standard InChI is InChI=1S/C19H25N7O3.ClH/c1-12-7-15-21-9-14(18(29)26(15)24-12)17(28)22-11-19(2,3)23-10-16(27)25-6-4-5-13(25)8-20;/h7,9,13,23-24H,4-6,10-11H2,1-3H3,(H,22,28);1H/t13-;/m0./s1. The number of fused-ring (bicyclic) bond motifs is 1. The lowest BCUT2D eigenvalue weighted by Gasteiger charge is -2.28. The summed E-state index contributed by atoms with van der Waals surface area (Å²) in [7, 11) is 0. The molecule has 2 aromatic rings. The zero-order valence-corrected chi connectivity index (χ0v) is 18.0. The van der Waals surface area contributed by atoms with Crippen LogP contribution in [-0.4, -0.2) is 62.5 Å². The number of rotatable bonds is 6. The van der Waals surface area contributed by atoms with Gasteiger partial charge in [-0.3, -0.25) is 19.5 Å². The van der Waals surface area contributed by atoms with E-state index in [9.17, 15) is 14.4 Å². The molecule has 0 aliphatic carbocycles. The van der Waals surface area contributed by atoms with Crippen LogP contribution in [0.3, 0.4) is 0 Å². The van der Waals surface area contributed by atoms with Gasteiger partial charge >= 0.3 is 0 Å². The van der Waals surface area contributed by atoms with E-state index in [0.717, 1.165) is 12.1 Å². The van der Waals surface area contributed by atoms with Crippen LogP contribution in [0.15, 0.2) is 17.1 Å². The summed E-state index contributed by atoms with van der Waals surface area (Å²) in [4.78, 5) is 43.0. The number of nitriles is 1. The number of amides is 2. The zero-order valence-electron chi connectivity index (χ0n) is 17.2. The molecule has 2 aromatic heterocycles. The van der Waals surface area contributed by atoms with Gasteiger partial charge in [0.25, 0.3) is 11.5 Å². The molecule has 0 bridgehead atoms. The third-order valence-electron chi connectivity index (χ3n) is 5.00. The second-order valence-electron chi connectivity index (χ2n) is 7.90. The van der Waals surface area contributed by atoms with Gasteiger partial charge in [-0.05, 0) is 33.6 Å². The van der Waals surface area contributed by atoms with E-state index in [1.165, 1.54) is 10.7 Å². The summed E-state index contributed by atoms with van der Waals surface area (Å²) in [5, 5.41) is 17.8. The monoisotopic (exact) mass is 435 g/mol. The summed E-state index contributed by atoms with van der Waals surface area (Å²) < 4.78 is 1.23. The Bertz CT molecular complexity index is 1040. The Morgan fingerprint density at radius 3 is 2.87 bits per heavy atom. The molecule has 1 aliphatic heterocycles. The van der Waals surface area contributed by atoms with Crippen LogP contribution in [0.25, 0.3) is 5.65 Å². The SMILES string of the molecule is Cc1cc2ncc(C(=O)NCC(C)(C)NCC(=O)N3CCC[C@H]3C#N)c(=O)n2[nH]1.Cl. The van der Waals surface area contributed by atoms with Crippen molar-refractivity contribution in [2.24, 2.45) is 0 Å². The maximum atomic E-state index is 12.5. The second kappa shape index (κ2) is 9.28. The lowest BCUT2D eigenvalue weighted by Crippen LogP contribution is -2.53. The van der Waals surface area contributed by atoms with Crippen LogP contribution in [0.2, 0.25) is 0 Å². The number of aromatic nitrogens is 3. The van der Waals surface area contributed by atoms with Crippen molar-refractivity contribution in [3.8, 4) is 6.07 Å². The summed E-state index contributed by atoms with van der Waals surface area (Å²) in [6.07, 6.45) is 2.80. The maximum Gasteiger partial charge on any atom is 0.285 e. The van der Waals surface area contributed by atoms with Gasteiger partial charge in [0, 0.05) is 36.6 Å². The number of nitrogens with zero attached hydrogens (tertiary/aromatic N) is 4. The van der Waals surface area contributed by atoms with Crippen LogP contribution in [0, 0.1) is 18.3 Å². The molecule has 0 radical (unpaired) electrons. The van der Waals surface area contributed by atoms with Gasteiger partial charge in [0.05, 0.1) is 12.6 Å². The summed E-state index contributed by atoms with van der Waals surface area (Å²) in [6.45, 7) is 6.34. The van der Waals surface area contributed by atoms with Crippen molar-refractivity contribution in [2.45, 2.75) is 45.2 Å². The fourth-order valence-corrected chi connectivity index (χ4v) is 3.31. The molecular weight excluding hydrogens is 410 g/mol. The van der Waals surface area contributed by atoms with Crippen molar-refractivity contribution in [1.82, 2.24) is 30.1 Å². The van der Waals surface area contributed by atoms with Gasteiger partial charge in [0.2, 0.25) is 5.91 Å². The highest BCUT2D eigenvalue weighted by Crippen LogP contribution is 2.16. The van der Waals surface area contributed by atoms with E-state index in [0.29, 0.717) is 18.6 Å². The lowest BCUT2D eigenvalue weighted by molar-refractivity contribution is -0.130. The maximum absolute atomic E-state index is 12.5. The number of nitrogens with one attached hydrogen (secondary N) is 3. The van der Waals surface area contributed by atoms with Gasteiger partial charge in [-0.15, -0.1) is 12.4 Å². The van der Waals surface area contributed by atoms with E-state index in [1.54, 1.807) is 17.9 Å². The first-order valence-electron chi connectivity index (χ1n) is 9.51. The van der Waals surface area contributed by atoms with E-state index in [2.05, 4.69) is 26.8 Å². The number of halogens is 1. The van der Waals surface area contributed by atoms with Gasteiger partial charge in [0.1, 0.15) is 11.6 Å². The van der Waals surface area contributed by atoms with Crippen molar-refractivity contribution in [2.75, 3.05) is 19.6 Å². The Morgan fingerprint density at radius 1 is 1.43 bits per heavy atom. The molecule has 10 nitrogen and oxygen atoms in total. The molecular formula is C19H26ClN7O3. The molecule has 0 aromatic carbocycles. The summed E-state index contributed by atoms with van der Waals surface area (Å²) in [6, 6.07) is 3.50. The van der Waals surface area contributed by atoms with Crippen molar-refractivity contribution in [3.05, 3.63) is 33.9 Å². The minimum atomic E-state index is -0.593. The average Bonchev–Trinajstić information content (AvgIpc) is 3.31. The highest BCUT2D eigenvalue weighted by atomic mass is 35.5. The molecule has 1 fully saturated rings. The topological polar surface area (TPSA) is 135 Å². The zero-order chi connectivity index (χ0) is 21.2. The van der Waals surface area contributed by atoms with E-state index in [4.69, 9.17) is 5.26 Å². The minimum absolute atomic E-state index is 0. The summed E-state index contributed by atoms with van der Waals surface area (Å²) in [5.74, 6) is -0.669. The number of aromatic amines is 1. The van der Waals surface area contributed by atoms with E-state index >= 15 is 0 Å². The van der Waals surface area contributed by atoms with Gasteiger partial charge in [0.15, 0.2) is 5.65 Å². The first kappa shape index (κ1) is 23.4. The third kappa shape index (κ3) is 4.98. The Kier molecular flexibility index (Phi) is 7.23. The number of aryl methyl sites for hydroxylation is 1. The number of likely N-dealkylation sites (tertiary alicyclic amines) is 1. The van der Waals surface area contributed by atoms with E-state index < -0.39 is 17.0 Å². The highest BCUT2D eigenvalue weighted by Gasteiger charge is 2.29. The fourth-order valence-electron chi connectivity index (χ4n) is 3.31. The first-order chi connectivity index (χ1) is 13.7. The summed E-state index contributed by atoms with van der Waals surface area (Å²) in [5.41, 5.74) is 0.0772. The van der Waals surface area contributed by atoms with E-state index in [1.807, 2.05) is 13.8 Å². The van der Waals surface area contributed by atoms with Crippen molar-refractivity contribution in [1.29, 1.82) is 5.26 Å². The molecule has 1 atom stereocenters. The molecule has 3 N–H and O–H groups in total. The van der Waals surface area contributed by atoms with E-state index in [-0.39, 0.29) is 43.0 Å². The molecule has 0 saturated carbocycles. The predicted octanol–water partition coefficient (Wildman–Crippen LogP) is 0.365. The molecule has 162 valence electrons. The predicted molar refractivity (Wildman–Crippen MR) is 113 cm³/mol. The molecule has 0 unspecified atom stereocenters. The third-order valence-corrected chi connectivity index (χ3v) is 5.00. The lowest BCUT2D eigenvalue weighted by atomic mass is 10.1. The van der Waals surface area contributed by atoms with Gasteiger partial charge in [-0.25, -0.2) is 9.50 Å². The van der Waals surface area contributed by atoms with Crippen LogP contribution in [-0.2, 0) is 4.79 Å². The largest absolute Gasteiger partial charge is 0.350 e. The number of H-pyrrole nitrogens is 1. The van der Waals surface area contributed by atoms with Crippen molar-refractivity contribution >= 4 is 29.9 Å². The van der Waals surface area contributed by atoms with Crippen molar-refractivity contribution in [3.63, 3.8) is 0 Å². The Balaban J connectivity index is 0.00000320. The quantitative estimate of drug-likeness (QED) is 0.599. The van der Waals surface area contributed by atoms with Crippen LogP contribution in [0.4, 0.5) is 0 Å². The number of carbonyl (C=O) groups excluding carboxylic acids is 2. The van der Waals surface area contributed by atoms with Gasteiger partial charge in [-0.1, -0.05) is 0 Å². The van der Waals surface area contributed by atoms with Crippen molar-refractivity contribution < 1.29 is 9.59 Å². The van der Waals surface area contributed by atoms with Crippen LogP contribution < -0.4 is 16.2 Å². The van der Waals surface area contributed by atoms with Crippen LogP contribution >= 0.6 is 12.4 Å². The molecule has 3 rings (SSSR count). The Hall–Kier alpha value is -2.90. The Labute approximate surface area is 180 Å². The molecule has 30 heavy (non-hydrogen) atoms. The molecule has 1 saturated heterocycles. The van der Waals surface area contributed by atoms with Gasteiger partial charge < -0.3 is 15.5 Å². The first-order valence-corrected chi connectivity index (χ1v) is 9.51. The Morgan fingerprint density at radius 2 is 2.17 bits per heavy atom. The molecule has 2 amide bonds. The second-order valence-corrected chi connectivity index (χ2v) is 7.90. The fraction of sp³-hybridized carbons (Fsp3) is 0.526. The number of hydrogen-bond donors (Lipinski definition) is 3. The highest BCUT2D eigenvalue weighted by molar-refractivity contribution is 5.93. The van der Waals surface area contributed by atoms with Crippen LogP contribution in [0.1, 0.15) is 42.7 Å². The molecule has 1 aliphatic rings.